The first-order chi connectivity index (χ1) is 22.5. The lowest BCUT2D eigenvalue weighted by Gasteiger charge is -2.53. The molecule has 4 N–H and O–H groups in total. The summed E-state index contributed by atoms with van der Waals surface area (Å²) in [6, 6.07) is 0. The lowest BCUT2D eigenvalue weighted by molar-refractivity contribution is -0.345. The van der Waals surface area contributed by atoms with Crippen LogP contribution in [-0.4, -0.2) is 74.0 Å². The molecule has 0 radical (unpaired) electrons. The van der Waals surface area contributed by atoms with Gasteiger partial charge in [-0.3, -0.25) is 9.59 Å². The van der Waals surface area contributed by atoms with Crippen molar-refractivity contribution in [2.75, 3.05) is 0 Å². The SMILES string of the molecule is CC(/C=C/C(O)C(C)/C=C/C(=O)O)=C\CC1OC2(CCC1C)CCC(CCC(C)C)(OC(=O)CCC(=O)O)C(/C=C/C(C)=C/C(=O)O)O2. The van der Waals surface area contributed by atoms with Crippen LogP contribution in [0.5, 0.6) is 0 Å². The fraction of sp³-hybridized carbons (Fsp3) is 0.622. The van der Waals surface area contributed by atoms with Crippen LogP contribution in [0.1, 0.15) is 99.3 Å². The number of ether oxygens (including phenoxy) is 3. The number of carboxylic acid groups (broad SMARTS) is 3. The third-order valence-electron chi connectivity index (χ3n) is 8.97. The summed E-state index contributed by atoms with van der Waals surface area (Å²) < 4.78 is 19.6. The number of rotatable bonds is 17. The average molecular weight is 675 g/mol. The van der Waals surface area contributed by atoms with Gasteiger partial charge in [-0.05, 0) is 63.4 Å². The number of hydrogen-bond donors (Lipinski definition) is 4. The van der Waals surface area contributed by atoms with Crippen molar-refractivity contribution in [1.82, 2.24) is 0 Å². The van der Waals surface area contributed by atoms with Crippen LogP contribution in [0.25, 0.3) is 0 Å². The Morgan fingerprint density at radius 2 is 1.60 bits per heavy atom. The standard InChI is InChI=1S/C37H54O11/c1-24(2)17-19-36(48-35(45)16-15-33(41)42)21-22-37(47-31(36)13-9-26(4)23-34(43)44)20-18-28(6)30(46-37)12-8-25(3)7-11-29(38)27(5)10-14-32(39)40/h7-11,13-14,23-24,27-31,38H,12,15-22H2,1-6H3,(H,39,40)(H,41,42)(H,43,44)/b11-7+,13-9+,14-10+,25-8+,26-23+. The zero-order valence-corrected chi connectivity index (χ0v) is 29.1. The maximum atomic E-state index is 13.0. The average Bonchev–Trinajstić information content (AvgIpc) is 3.01. The van der Waals surface area contributed by atoms with Gasteiger partial charge in [0.1, 0.15) is 11.7 Å². The van der Waals surface area contributed by atoms with Crippen LogP contribution in [0.15, 0.2) is 59.8 Å². The van der Waals surface area contributed by atoms with Crippen LogP contribution in [0.2, 0.25) is 0 Å². The van der Waals surface area contributed by atoms with Gasteiger partial charge in [0.25, 0.3) is 0 Å². The lowest BCUT2D eigenvalue weighted by atomic mass is 9.77. The quantitative estimate of drug-likeness (QED) is 0.0765. The molecular weight excluding hydrogens is 620 g/mol. The Labute approximate surface area is 284 Å². The van der Waals surface area contributed by atoms with Crippen LogP contribution in [0, 0.1) is 17.8 Å². The van der Waals surface area contributed by atoms with Crippen molar-refractivity contribution in [3.63, 3.8) is 0 Å². The molecule has 2 aliphatic rings. The molecule has 268 valence electrons. The first kappa shape index (κ1) is 40.6. The highest BCUT2D eigenvalue weighted by molar-refractivity contribution is 5.81. The number of aliphatic hydroxyl groups is 1. The predicted molar refractivity (Wildman–Crippen MR) is 180 cm³/mol. The molecule has 2 fully saturated rings. The maximum absolute atomic E-state index is 13.0. The monoisotopic (exact) mass is 674 g/mol. The van der Waals surface area contributed by atoms with Gasteiger partial charge in [-0.15, -0.1) is 0 Å². The van der Waals surface area contributed by atoms with E-state index in [1.807, 2.05) is 13.0 Å². The topological polar surface area (TPSA) is 177 Å². The van der Waals surface area contributed by atoms with Gasteiger partial charge in [0.15, 0.2) is 5.79 Å². The fourth-order valence-corrected chi connectivity index (χ4v) is 5.86. The predicted octanol–water partition coefficient (Wildman–Crippen LogP) is 6.38. The van der Waals surface area contributed by atoms with E-state index in [0.717, 1.165) is 30.6 Å². The van der Waals surface area contributed by atoms with E-state index < -0.39 is 47.5 Å². The molecule has 11 nitrogen and oxygen atoms in total. The number of esters is 1. The molecule has 7 atom stereocenters. The van der Waals surface area contributed by atoms with E-state index in [0.29, 0.717) is 43.6 Å². The number of carboxylic acids is 3. The smallest absolute Gasteiger partial charge is 0.328 e. The molecule has 0 aromatic carbocycles. The molecule has 48 heavy (non-hydrogen) atoms. The summed E-state index contributed by atoms with van der Waals surface area (Å²) in [7, 11) is 0. The lowest BCUT2D eigenvalue weighted by Crippen LogP contribution is -2.59. The van der Waals surface area contributed by atoms with E-state index in [1.165, 1.54) is 6.08 Å². The Hall–Kier alpha value is -3.54. The minimum absolute atomic E-state index is 0.191. The van der Waals surface area contributed by atoms with Crippen LogP contribution >= 0.6 is 0 Å². The first-order valence-electron chi connectivity index (χ1n) is 16.8. The molecule has 7 unspecified atom stereocenters. The van der Waals surface area contributed by atoms with Crippen molar-refractivity contribution in [1.29, 1.82) is 0 Å². The number of carbonyl (C=O) groups excluding carboxylic acids is 1. The summed E-state index contributed by atoms with van der Waals surface area (Å²) in [6.07, 6.45) is 14.0. The van der Waals surface area contributed by atoms with Crippen molar-refractivity contribution >= 4 is 23.9 Å². The molecule has 2 heterocycles. The molecule has 0 aliphatic carbocycles. The molecule has 11 heteroatoms. The van der Waals surface area contributed by atoms with Gasteiger partial charge in [0.05, 0.1) is 25.0 Å². The van der Waals surface area contributed by atoms with Crippen molar-refractivity contribution in [3.8, 4) is 0 Å². The van der Waals surface area contributed by atoms with E-state index in [2.05, 4.69) is 20.8 Å². The van der Waals surface area contributed by atoms with Gasteiger partial charge in [-0.1, -0.05) is 69.7 Å². The third-order valence-corrected chi connectivity index (χ3v) is 8.97. The highest BCUT2D eigenvalue weighted by Gasteiger charge is 2.54. The fourth-order valence-electron chi connectivity index (χ4n) is 5.86. The minimum Gasteiger partial charge on any atom is -0.481 e. The Kier molecular flexibility index (Phi) is 16.0. The number of hydrogen-bond acceptors (Lipinski definition) is 8. The van der Waals surface area contributed by atoms with Crippen molar-refractivity contribution in [3.05, 3.63) is 59.8 Å². The van der Waals surface area contributed by atoms with Crippen molar-refractivity contribution in [2.24, 2.45) is 17.8 Å². The minimum atomic E-state index is -1.10. The number of aliphatic carboxylic acids is 3. The zero-order valence-electron chi connectivity index (χ0n) is 29.1. The van der Waals surface area contributed by atoms with Gasteiger partial charge < -0.3 is 34.6 Å². The second-order valence-corrected chi connectivity index (χ2v) is 13.7. The summed E-state index contributed by atoms with van der Waals surface area (Å²) in [5, 5.41) is 37.6. The molecule has 0 saturated carbocycles. The highest BCUT2D eigenvalue weighted by atomic mass is 16.7. The molecule has 2 saturated heterocycles. The Bertz CT molecular complexity index is 1280. The second-order valence-electron chi connectivity index (χ2n) is 13.7. The van der Waals surface area contributed by atoms with Gasteiger partial charge in [0.2, 0.25) is 0 Å². The third kappa shape index (κ3) is 13.5. The maximum Gasteiger partial charge on any atom is 0.328 e. The molecule has 0 aromatic rings. The van der Waals surface area contributed by atoms with E-state index in [1.54, 1.807) is 38.2 Å². The van der Waals surface area contributed by atoms with Crippen LogP contribution in [0.4, 0.5) is 0 Å². The zero-order chi connectivity index (χ0) is 36.1. The molecule has 0 bridgehead atoms. The van der Waals surface area contributed by atoms with Crippen molar-refractivity contribution in [2.45, 2.75) is 129 Å². The summed E-state index contributed by atoms with van der Waals surface area (Å²) in [6.45, 7) is 11.5. The van der Waals surface area contributed by atoms with Crippen molar-refractivity contribution < 1.29 is 53.8 Å². The molecular formula is C37H54O11. The Balaban J connectivity index is 2.34. The Morgan fingerprint density at radius 1 is 0.896 bits per heavy atom. The normalized spacial score (nSPS) is 28.4. The van der Waals surface area contributed by atoms with Gasteiger partial charge in [0, 0.05) is 30.9 Å². The van der Waals surface area contributed by atoms with Crippen LogP contribution < -0.4 is 0 Å². The largest absolute Gasteiger partial charge is 0.481 e. The number of aliphatic hydroxyl groups excluding tert-OH is 1. The second kappa shape index (κ2) is 18.9. The number of carbonyl (C=O) groups is 4. The van der Waals surface area contributed by atoms with E-state index >= 15 is 0 Å². The molecule has 2 aliphatic heterocycles. The van der Waals surface area contributed by atoms with Crippen LogP contribution in [-0.2, 0) is 33.4 Å². The first-order valence-corrected chi connectivity index (χ1v) is 16.8. The molecule has 2 rings (SSSR count). The van der Waals surface area contributed by atoms with Gasteiger partial charge in [-0.25, -0.2) is 9.59 Å². The van der Waals surface area contributed by atoms with Gasteiger partial charge in [-0.2, -0.15) is 0 Å². The highest BCUT2D eigenvalue weighted by Crippen LogP contribution is 2.48. The van der Waals surface area contributed by atoms with E-state index in [-0.39, 0.29) is 30.8 Å². The molecule has 0 amide bonds. The van der Waals surface area contributed by atoms with E-state index in [4.69, 9.17) is 24.4 Å². The summed E-state index contributed by atoms with van der Waals surface area (Å²) in [5.74, 6) is -4.71. The van der Waals surface area contributed by atoms with Crippen LogP contribution in [0.3, 0.4) is 0 Å². The summed E-state index contributed by atoms with van der Waals surface area (Å²) >= 11 is 0. The van der Waals surface area contributed by atoms with Gasteiger partial charge >= 0.3 is 23.9 Å². The van der Waals surface area contributed by atoms with E-state index in [9.17, 15) is 29.4 Å². The number of allylic oxidation sites excluding steroid dienone is 4. The Morgan fingerprint density at radius 3 is 2.23 bits per heavy atom. The molecule has 1 spiro atoms. The summed E-state index contributed by atoms with van der Waals surface area (Å²) in [4.78, 5) is 46.2. The summed E-state index contributed by atoms with van der Waals surface area (Å²) in [5.41, 5.74) is 0.292. The molecule has 0 aromatic heterocycles.